The summed E-state index contributed by atoms with van der Waals surface area (Å²) in [5.41, 5.74) is 0.751. The lowest BCUT2D eigenvalue weighted by molar-refractivity contribution is -0.141. The first-order chi connectivity index (χ1) is 9.36. The quantitative estimate of drug-likeness (QED) is 0.795. The Morgan fingerprint density at radius 2 is 1.95 bits per heavy atom. The van der Waals surface area contributed by atoms with Gasteiger partial charge in [0, 0.05) is 0 Å². The van der Waals surface area contributed by atoms with Crippen LogP contribution in [0, 0.1) is 0 Å². The van der Waals surface area contributed by atoms with E-state index in [4.69, 9.17) is 17.8 Å². The number of ether oxygens (including phenoxy) is 2. The van der Waals surface area contributed by atoms with E-state index in [9.17, 15) is 8.42 Å². The van der Waals surface area contributed by atoms with Crippen molar-refractivity contribution in [3.05, 3.63) is 35.9 Å². The second-order valence-corrected chi connectivity index (χ2v) is 6.18. The third-order valence-corrected chi connectivity index (χ3v) is 3.51. The Balaban J connectivity index is 1.77. The van der Waals surface area contributed by atoms with Crippen LogP contribution in [0.25, 0.3) is 0 Å². The van der Waals surface area contributed by atoms with Crippen LogP contribution in [0.15, 0.2) is 30.3 Å². The van der Waals surface area contributed by atoms with Crippen molar-refractivity contribution in [2.24, 2.45) is 0 Å². The largest absolute Gasteiger partial charge is 0.400 e. The van der Waals surface area contributed by atoms with Gasteiger partial charge in [-0.2, -0.15) is 8.42 Å². The van der Waals surface area contributed by atoms with Crippen molar-refractivity contribution < 1.29 is 26.3 Å². The van der Waals surface area contributed by atoms with Crippen LogP contribution >= 0.6 is 0 Å². The molecule has 0 aromatic heterocycles. The van der Waals surface area contributed by atoms with Crippen LogP contribution in [0.5, 0.6) is 0 Å². The summed E-state index contributed by atoms with van der Waals surface area (Å²) in [5.74, 6) is -0.706. The summed E-state index contributed by atoms with van der Waals surface area (Å²) in [6, 6.07) is 8.99. The van der Waals surface area contributed by atoms with Crippen molar-refractivity contribution >= 4 is 10.4 Å². The van der Waals surface area contributed by atoms with Crippen LogP contribution in [0.4, 0.5) is 0 Å². The molecule has 1 aromatic rings. The van der Waals surface area contributed by atoms with Gasteiger partial charge in [-0.05, 0) is 19.4 Å². The lowest BCUT2D eigenvalue weighted by Gasteiger charge is -2.16. The highest BCUT2D eigenvalue weighted by Crippen LogP contribution is 2.22. The molecule has 0 spiro atoms. The molecule has 1 atom stereocenters. The average Bonchev–Trinajstić information content (AvgIpc) is 2.75. The van der Waals surface area contributed by atoms with Gasteiger partial charge in [-0.1, -0.05) is 30.3 Å². The summed E-state index contributed by atoms with van der Waals surface area (Å²) in [5, 5.41) is 0. The first-order valence-corrected chi connectivity index (χ1v) is 7.59. The van der Waals surface area contributed by atoms with E-state index in [1.54, 1.807) is 38.1 Å². The van der Waals surface area contributed by atoms with Gasteiger partial charge in [-0.25, -0.2) is 8.37 Å². The van der Waals surface area contributed by atoms with Crippen LogP contribution in [0.1, 0.15) is 19.4 Å². The molecule has 7 heteroatoms. The van der Waals surface area contributed by atoms with E-state index in [0.717, 1.165) is 5.56 Å². The molecule has 112 valence electrons. The van der Waals surface area contributed by atoms with Gasteiger partial charge in [0.2, 0.25) is 0 Å². The van der Waals surface area contributed by atoms with Crippen LogP contribution in [-0.2, 0) is 34.8 Å². The molecule has 20 heavy (non-hydrogen) atoms. The molecular formula is C13H18O6S. The Bertz CT molecular complexity index is 525. The minimum atomic E-state index is -4.04. The summed E-state index contributed by atoms with van der Waals surface area (Å²) < 4.78 is 43.5. The smallest absolute Gasteiger partial charge is 0.348 e. The van der Waals surface area contributed by atoms with E-state index in [2.05, 4.69) is 0 Å². The highest BCUT2D eigenvalue weighted by atomic mass is 32.3. The molecule has 0 bridgehead atoms. The summed E-state index contributed by atoms with van der Waals surface area (Å²) in [4.78, 5) is 0. The van der Waals surface area contributed by atoms with Gasteiger partial charge < -0.3 is 9.47 Å². The molecule has 0 saturated carbocycles. The fraction of sp³-hybridized carbons (Fsp3) is 0.538. The van der Waals surface area contributed by atoms with Crippen LogP contribution in [-0.4, -0.2) is 33.5 Å². The Hall–Kier alpha value is -0.990. The van der Waals surface area contributed by atoms with Gasteiger partial charge in [0.05, 0.1) is 19.8 Å². The highest BCUT2D eigenvalue weighted by Gasteiger charge is 2.33. The fourth-order valence-corrected chi connectivity index (χ4v) is 2.42. The Morgan fingerprint density at radius 3 is 2.55 bits per heavy atom. The lowest BCUT2D eigenvalue weighted by Crippen LogP contribution is -2.25. The predicted molar refractivity (Wildman–Crippen MR) is 71.0 cm³/mol. The fourth-order valence-electron chi connectivity index (χ4n) is 1.75. The maximum absolute atomic E-state index is 11.6. The molecule has 0 amide bonds. The number of hydrogen-bond donors (Lipinski definition) is 0. The zero-order valence-electron chi connectivity index (χ0n) is 11.4. The topological polar surface area (TPSA) is 71.1 Å². The monoisotopic (exact) mass is 302 g/mol. The van der Waals surface area contributed by atoms with Crippen molar-refractivity contribution in [1.29, 1.82) is 0 Å². The second kappa shape index (κ2) is 6.19. The van der Waals surface area contributed by atoms with Gasteiger partial charge in [0.1, 0.15) is 6.10 Å². The Kier molecular flexibility index (Phi) is 4.77. The lowest BCUT2D eigenvalue weighted by atomic mass is 10.2. The zero-order chi connectivity index (χ0) is 14.6. The van der Waals surface area contributed by atoms with Gasteiger partial charge >= 0.3 is 10.4 Å². The van der Waals surface area contributed by atoms with Crippen molar-refractivity contribution in [1.82, 2.24) is 0 Å². The molecule has 1 aromatic carbocycles. The van der Waals surface area contributed by atoms with E-state index < -0.39 is 22.3 Å². The molecule has 6 nitrogen and oxygen atoms in total. The molecule has 1 aliphatic rings. The SMILES string of the molecule is CC1(C)OCC(COS(=O)(=O)OCc2ccccc2)O1. The average molecular weight is 302 g/mol. The van der Waals surface area contributed by atoms with Crippen LogP contribution in [0.2, 0.25) is 0 Å². The molecular weight excluding hydrogens is 284 g/mol. The van der Waals surface area contributed by atoms with E-state index in [0.29, 0.717) is 6.61 Å². The van der Waals surface area contributed by atoms with Crippen LogP contribution in [0.3, 0.4) is 0 Å². The summed E-state index contributed by atoms with van der Waals surface area (Å²) >= 11 is 0. The molecule has 1 fully saturated rings. The first kappa shape index (κ1) is 15.4. The van der Waals surface area contributed by atoms with Crippen LogP contribution < -0.4 is 0 Å². The van der Waals surface area contributed by atoms with E-state index >= 15 is 0 Å². The molecule has 1 aliphatic heterocycles. The van der Waals surface area contributed by atoms with Crippen molar-refractivity contribution in [2.75, 3.05) is 13.2 Å². The molecule has 2 rings (SSSR count). The molecule has 1 heterocycles. The van der Waals surface area contributed by atoms with Gasteiger partial charge in [0.15, 0.2) is 5.79 Å². The second-order valence-electron chi connectivity index (χ2n) is 4.89. The zero-order valence-corrected chi connectivity index (χ0v) is 12.3. The number of hydrogen-bond acceptors (Lipinski definition) is 6. The summed E-state index contributed by atoms with van der Waals surface area (Å²) in [6.07, 6.45) is -0.417. The normalized spacial score (nSPS) is 22.0. The molecule has 1 unspecified atom stereocenters. The Labute approximate surface area is 118 Å². The number of rotatable bonds is 6. The number of benzene rings is 1. The maximum Gasteiger partial charge on any atom is 0.400 e. The van der Waals surface area contributed by atoms with Crippen molar-refractivity contribution in [3.8, 4) is 0 Å². The van der Waals surface area contributed by atoms with Crippen molar-refractivity contribution in [3.63, 3.8) is 0 Å². The van der Waals surface area contributed by atoms with E-state index in [1.165, 1.54) is 0 Å². The van der Waals surface area contributed by atoms with Crippen molar-refractivity contribution in [2.45, 2.75) is 32.3 Å². The Morgan fingerprint density at radius 1 is 1.25 bits per heavy atom. The summed E-state index contributed by atoms with van der Waals surface area (Å²) in [7, 11) is -4.04. The molecule has 1 saturated heterocycles. The minimum absolute atomic E-state index is 0.0588. The molecule has 0 aliphatic carbocycles. The molecule has 0 radical (unpaired) electrons. The minimum Gasteiger partial charge on any atom is -0.348 e. The third-order valence-electron chi connectivity index (χ3n) is 2.68. The highest BCUT2D eigenvalue weighted by molar-refractivity contribution is 7.81. The van der Waals surface area contributed by atoms with Gasteiger partial charge in [-0.15, -0.1) is 0 Å². The van der Waals surface area contributed by atoms with E-state index in [1.807, 2.05) is 6.07 Å². The van der Waals surface area contributed by atoms with E-state index in [-0.39, 0.29) is 13.2 Å². The standard InChI is InChI=1S/C13H18O6S/c1-13(2)16-9-12(19-13)10-18-20(14,15)17-8-11-6-4-3-5-7-11/h3-7,12H,8-10H2,1-2H3. The molecule has 0 N–H and O–H groups in total. The van der Waals surface area contributed by atoms with Gasteiger partial charge in [0.25, 0.3) is 0 Å². The predicted octanol–water partition coefficient (Wildman–Crippen LogP) is 1.62. The summed E-state index contributed by atoms with van der Waals surface area (Å²) in [6.45, 7) is 3.62. The third kappa shape index (κ3) is 4.84. The first-order valence-electron chi connectivity index (χ1n) is 6.26. The maximum atomic E-state index is 11.6. The van der Waals surface area contributed by atoms with Gasteiger partial charge in [-0.3, -0.25) is 0 Å².